The molecule has 1 atom stereocenters. The molecule has 102 valence electrons. The lowest BCUT2D eigenvalue weighted by atomic mass is 10.0. The number of carbonyl (C=O) groups is 2. The highest BCUT2D eigenvalue weighted by Crippen LogP contribution is 2.11. The summed E-state index contributed by atoms with van der Waals surface area (Å²) in [4.78, 5) is 25.0. The summed E-state index contributed by atoms with van der Waals surface area (Å²) in [5, 5.41) is 11.8. The minimum Gasteiger partial charge on any atom is -0.478 e. The standard InChI is InChI=1S/C13H22N2O3/c1-4-15-7-5-6-11(8-15)14-12(16)9(2)10(3)13(17)18/h11H,4-8H2,1-3H3,(H,14,16)(H,17,18)/b10-9+. The van der Waals surface area contributed by atoms with E-state index in [1.54, 1.807) is 6.92 Å². The molecular formula is C13H22N2O3. The van der Waals surface area contributed by atoms with Crippen molar-refractivity contribution >= 4 is 11.9 Å². The van der Waals surface area contributed by atoms with Crippen molar-refractivity contribution in [1.82, 2.24) is 10.2 Å². The minimum atomic E-state index is -1.04. The molecule has 0 radical (unpaired) electrons. The molecule has 0 spiro atoms. The molecule has 2 N–H and O–H groups in total. The zero-order valence-corrected chi connectivity index (χ0v) is 11.3. The maximum atomic E-state index is 11.9. The number of likely N-dealkylation sites (tertiary alicyclic amines) is 1. The fraction of sp³-hybridized carbons (Fsp3) is 0.692. The molecule has 1 saturated heterocycles. The number of carbonyl (C=O) groups excluding carboxylic acids is 1. The molecule has 1 heterocycles. The molecule has 1 amide bonds. The molecule has 0 aliphatic carbocycles. The Balaban J connectivity index is 2.59. The molecule has 18 heavy (non-hydrogen) atoms. The lowest BCUT2D eigenvalue weighted by molar-refractivity contribution is -0.133. The Bertz CT molecular complexity index is 363. The van der Waals surface area contributed by atoms with E-state index in [0.29, 0.717) is 0 Å². The Morgan fingerprint density at radius 1 is 1.33 bits per heavy atom. The van der Waals surface area contributed by atoms with E-state index in [-0.39, 0.29) is 23.1 Å². The molecule has 0 aromatic rings. The van der Waals surface area contributed by atoms with Crippen molar-refractivity contribution in [3.05, 3.63) is 11.1 Å². The average Bonchev–Trinajstić information content (AvgIpc) is 2.36. The van der Waals surface area contributed by atoms with Gasteiger partial charge in [-0.1, -0.05) is 6.92 Å². The van der Waals surface area contributed by atoms with Crippen LogP contribution in [-0.2, 0) is 9.59 Å². The Labute approximate surface area is 108 Å². The van der Waals surface area contributed by atoms with E-state index < -0.39 is 5.97 Å². The molecule has 5 nitrogen and oxygen atoms in total. The predicted octanol–water partition coefficient (Wildman–Crippen LogP) is 1.01. The van der Waals surface area contributed by atoms with Crippen molar-refractivity contribution < 1.29 is 14.7 Å². The molecule has 1 unspecified atom stereocenters. The van der Waals surface area contributed by atoms with Gasteiger partial charge in [0.2, 0.25) is 5.91 Å². The van der Waals surface area contributed by atoms with Gasteiger partial charge < -0.3 is 15.3 Å². The second-order valence-corrected chi connectivity index (χ2v) is 4.76. The lowest BCUT2D eigenvalue weighted by Crippen LogP contribution is -2.47. The summed E-state index contributed by atoms with van der Waals surface area (Å²) in [6.45, 7) is 8.02. The van der Waals surface area contributed by atoms with Crippen molar-refractivity contribution in [2.24, 2.45) is 0 Å². The first-order valence-electron chi connectivity index (χ1n) is 6.39. The fourth-order valence-corrected chi connectivity index (χ4v) is 2.08. The number of aliphatic carboxylic acids is 1. The number of carboxylic acid groups (broad SMARTS) is 1. The van der Waals surface area contributed by atoms with Gasteiger partial charge in [-0.3, -0.25) is 4.79 Å². The summed E-state index contributed by atoms with van der Waals surface area (Å²) in [7, 11) is 0. The summed E-state index contributed by atoms with van der Waals surface area (Å²) >= 11 is 0. The van der Waals surface area contributed by atoms with Gasteiger partial charge in [0.1, 0.15) is 0 Å². The Kier molecular flexibility index (Phi) is 5.34. The Hall–Kier alpha value is -1.36. The number of hydrogen-bond donors (Lipinski definition) is 2. The zero-order chi connectivity index (χ0) is 13.7. The van der Waals surface area contributed by atoms with Crippen LogP contribution in [0, 0.1) is 0 Å². The molecule has 0 bridgehead atoms. The smallest absolute Gasteiger partial charge is 0.331 e. The SMILES string of the molecule is CCN1CCCC(NC(=O)/C(C)=C(\C)C(=O)O)C1. The van der Waals surface area contributed by atoms with Crippen LogP contribution in [-0.4, -0.2) is 47.6 Å². The molecule has 1 fully saturated rings. The number of carboxylic acids is 1. The largest absolute Gasteiger partial charge is 0.478 e. The van der Waals surface area contributed by atoms with Crippen LogP contribution in [0.3, 0.4) is 0 Å². The van der Waals surface area contributed by atoms with Crippen LogP contribution in [0.15, 0.2) is 11.1 Å². The van der Waals surface area contributed by atoms with Crippen molar-refractivity contribution in [3.63, 3.8) is 0 Å². The summed E-state index contributed by atoms with van der Waals surface area (Å²) in [5.74, 6) is -1.31. The van der Waals surface area contributed by atoms with E-state index in [9.17, 15) is 9.59 Å². The molecular weight excluding hydrogens is 232 g/mol. The quantitative estimate of drug-likeness (QED) is 0.735. The first-order valence-corrected chi connectivity index (χ1v) is 6.39. The van der Waals surface area contributed by atoms with Gasteiger partial charge in [-0.25, -0.2) is 4.79 Å². The second kappa shape index (κ2) is 6.54. The summed E-state index contributed by atoms with van der Waals surface area (Å²) in [6, 6.07) is 0.128. The number of likely N-dealkylation sites (N-methyl/N-ethyl adjacent to an activating group) is 1. The second-order valence-electron chi connectivity index (χ2n) is 4.76. The summed E-state index contributed by atoms with van der Waals surface area (Å²) in [5.41, 5.74) is 0.395. The van der Waals surface area contributed by atoms with Gasteiger partial charge in [-0.2, -0.15) is 0 Å². The van der Waals surface area contributed by atoms with Crippen molar-refractivity contribution in [3.8, 4) is 0 Å². The third kappa shape index (κ3) is 3.84. The maximum Gasteiger partial charge on any atom is 0.331 e. The third-order valence-electron chi connectivity index (χ3n) is 3.51. The van der Waals surface area contributed by atoms with Crippen LogP contribution in [0.5, 0.6) is 0 Å². The number of nitrogens with zero attached hydrogens (tertiary/aromatic N) is 1. The van der Waals surface area contributed by atoms with Gasteiger partial charge in [-0.15, -0.1) is 0 Å². The normalized spacial score (nSPS) is 22.3. The van der Waals surface area contributed by atoms with E-state index in [0.717, 1.165) is 32.5 Å². The van der Waals surface area contributed by atoms with Crippen LogP contribution >= 0.6 is 0 Å². The Morgan fingerprint density at radius 3 is 2.56 bits per heavy atom. The van der Waals surface area contributed by atoms with Gasteiger partial charge in [0.15, 0.2) is 0 Å². The monoisotopic (exact) mass is 254 g/mol. The van der Waals surface area contributed by atoms with Gasteiger partial charge in [0.05, 0.1) is 0 Å². The molecule has 0 aromatic heterocycles. The fourth-order valence-electron chi connectivity index (χ4n) is 2.08. The third-order valence-corrected chi connectivity index (χ3v) is 3.51. The number of nitrogens with one attached hydrogen (secondary N) is 1. The topological polar surface area (TPSA) is 69.6 Å². The maximum absolute atomic E-state index is 11.9. The number of hydrogen-bond acceptors (Lipinski definition) is 3. The Morgan fingerprint density at radius 2 is 2.00 bits per heavy atom. The highest BCUT2D eigenvalue weighted by Gasteiger charge is 2.21. The number of rotatable bonds is 4. The van der Waals surface area contributed by atoms with Crippen molar-refractivity contribution in [2.75, 3.05) is 19.6 Å². The first kappa shape index (κ1) is 14.7. The molecule has 1 rings (SSSR count). The number of piperidine rings is 1. The van der Waals surface area contributed by atoms with Gasteiger partial charge in [0.25, 0.3) is 0 Å². The lowest BCUT2D eigenvalue weighted by Gasteiger charge is -2.32. The van der Waals surface area contributed by atoms with E-state index in [2.05, 4.69) is 17.1 Å². The van der Waals surface area contributed by atoms with Crippen molar-refractivity contribution in [1.29, 1.82) is 0 Å². The van der Waals surface area contributed by atoms with Crippen LogP contribution in [0.4, 0.5) is 0 Å². The molecule has 5 heteroatoms. The van der Waals surface area contributed by atoms with E-state index in [4.69, 9.17) is 5.11 Å². The van der Waals surface area contributed by atoms with E-state index >= 15 is 0 Å². The van der Waals surface area contributed by atoms with Gasteiger partial charge >= 0.3 is 5.97 Å². The van der Waals surface area contributed by atoms with Crippen LogP contribution in [0.2, 0.25) is 0 Å². The number of amides is 1. The highest BCUT2D eigenvalue weighted by atomic mass is 16.4. The van der Waals surface area contributed by atoms with Crippen LogP contribution in [0.25, 0.3) is 0 Å². The summed E-state index contributed by atoms with van der Waals surface area (Å²) in [6.07, 6.45) is 2.03. The minimum absolute atomic E-state index is 0.107. The molecule has 0 saturated carbocycles. The van der Waals surface area contributed by atoms with Crippen LogP contribution < -0.4 is 5.32 Å². The first-order chi connectivity index (χ1) is 8.45. The van der Waals surface area contributed by atoms with Gasteiger partial charge in [0, 0.05) is 23.7 Å². The van der Waals surface area contributed by atoms with Crippen LogP contribution in [0.1, 0.15) is 33.6 Å². The highest BCUT2D eigenvalue weighted by molar-refractivity contribution is 6.01. The molecule has 1 aliphatic rings. The van der Waals surface area contributed by atoms with Gasteiger partial charge in [-0.05, 0) is 39.8 Å². The molecule has 0 aromatic carbocycles. The predicted molar refractivity (Wildman–Crippen MR) is 69.3 cm³/mol. The average molecular weight is 254 g/mol. The van der Waals surface area contributed by atoms with Crippen molar-refractivity contribution in [2.45, 2.75) is 39.7 Å². The van der Waals surface area contributed by atoms with E-state index in [1.165, 1.54) is 6.92 Å². The summed E-state index contributed by atoms with van der Waals surface area (Å²) < 4.78 is 0. The molecule has 1 aliphatic heterocycles. The van der Waals surface area contributed by atoms with E-state index in [1.807, 2.05) is 0 Å². The zero-order valence-electron chi connectivity index (χ0n) is 11.3.